The number of hydrogen-bond donors (Lipinski definition) is 0. The van der Waals surface area contributed by atoms with Crippen molar-refractivity contribution in [3.63, 3.8) is 0 Å². The molecule has 1 saturated carbocycles. The summed E-state index contributed by atoms with van der Waals surface area (Å²) in [6, 6.07) is 16.3. The Kier molecular flexibility index (Phi) is 4.53. The number of hydrogen-bond acceptors (Lipinski definition) is 4. The highest BCUT2D eigenvalue weighted by atomic mass is 16.6. The fourth-order valence-corrected chi connectivity index (χ4v) is 6.19. The zero-order valence-electron chi connectivity index (χ0n) is 17.1. The molecular weight excluding hydrogens is 380 g/mol. The summed E-state index contributed by atoms with van der Waals surface area (Å²) in [7, 11) is 0. The van der Waals surface area contributed by atoms with Gasteiger partial charge >= 0.3 is 0 Å². The average Bonchev–Trinajstić information content (AvgIpc) is 3.16. The van der Waals surface area contributed by atoms with Crippen LogP contribution in [0, 0.1) is 27.9 Å². The van der Waals surface area contributed by atoms with Crippen molar-refractivity contribution in [2.45, 2.75) is 38.3 Å². The summed E-state index contributed by atoms with van der Waals surface area (Å²) in [5.41, 5.74) is 3.07. The maximum atomic E-state index is 12.9. The molecule has 3 aliphatic rings. The molecule has 30 heavy (non-hydrogen) atoms. The summed E-state index contributed by atoms with van der Waals surface area (Å²) in [5.74, 6) is 1.05. The molecule has 156 valence electrons. The van der Waals surface area contributed by atoms with Crippen LogP contribution in [-0.2, 0) is 23.4 Å². The van der Waals surface area contributed by atoms with Crippen LogP contribution in [-0.4, -0.2) is 28.8 Å². The van der Waals surface area contributed by atoms with Gasteiger partial charge in [-0.05, 0) is 47.6 Å². The van der Waals surface area contributed by atoms with Gasteiger partial charge in [-0.3, -0.25) is 14.9 Å². The van der Waals surface area contributed by atoms with Crippen molar-refractivity contribution < 1.29 is 14.5 Å². The minimum Gasteiger partial charge on any atom is -0.489 e. The van der Waals surface area contributed by atoms with Crippen LogP contribution in [0.3, 0.4) is 0 Å². The highest BCUT2D eigenvalue weighted by molar-refractivity contribution is 5.82. The smallest absolute Gasteiger partial charge is 0.223 e. The largest absolute Gasteiger partial charge is 0.489 e. The summed E-state index contributed by atoms with van der Waals surface area (Å²) in [6.45, 7) is 3.23. The fraction of sp³-hybridized carbons (Fsp3) is 0.458. The van der Waals surface area contributed by atoms with Crippen molar-refractivity contribution in [3.8, 4) is 5.75 Å². The van der Waals surface area contributed by atoms with E-state index in [1.807, 2.05) is 41.3 Å². The van der Waals surface area contributed by atoms with Crippen molar-refractivity contribution in [3.05, 3.63) is 75.3 Å². The second-order valence-electron chi connectivity index (χ2n) is 8.98. The zero-order valence-corrected chi connectivity index (χ0v) is 17.1. The lowest BCUT2D eigenvalue weighted by atomic mass is 9.74. The molecule has 2 aromatic carbocycles. The molecule has 2 aromatic rings. The van der Waals surface area contributed by atoms with E-state index in [0.29, 0.717) is 19.6 Å². The molecule has 6 nitrogen and oxygen atoms in total. The first-order valence-electron chi connectivity index (χ1n) is 10.7. The molecule has 1 spiro atoms. The second kappa shape index (κ2) is 7.11. The Hall–Kier alpha value is -2.89. The molecule has 5 rings (SSSR count). The maximum absolute atomic E-state index is 12.9. The first-order chi connectivity index (χ1) is 14.5. The number of nitrogens with zero attached hydrogens (tertiary/aromatic N) is 2. The second-order valence-corrected chi connectivity index (χ2v) is 8.98. The molecule has 1 saturated heterocycles. The van der Waals surface area contributed by atoms with Crippen molar-refractivity contribution in [2.75, 3.05) is 13.1 Å². The van der Waals surface area contributed by atoms with Crippen LogP contribution in [0.5, 0.6) is 5.75 Å². The van der Waals surface area contributed by atoms with Crippen LogP contribution in [0.1, 0.15) is 36.5 Å². The van der Waals surface area contributed by atoms with E-state index in [1.54, 1.807) is 0 Å². The molecule has 0 N–H and O–H groups in total. The predicted molar refractivity (Wildman–Crippen MR) is 112 cm³/mol. The topological polar surface area (TPSA) is 72.7 Å². The van der Waals surface area contributed by atoms with Gasteiger partial charge in [-0.25, -0.2) is 0 Å². The number of ether oxygens (including phenoxy) is 1. The number of carbonyl (C=O) groups is 1. The van der Waals surface area contributed by atoms with E-state index in [4.69, 9.17) is 4.74 Å². The third-order valence-corrected chi connectivity index (χ3v) is 7.43. The minimum atomic E-state index is -0.420. The van der Waals surface area contributed by atoms with Crippen LogP contribution < -0.4 is 4.74 Å². The quantitative estimate of drug-likeness (QED) is 0.559. The maximum Gasteiger partial charge on any atom is 0.223 e. The lowest BCUT2D eigenvalue weighted by Gasteiger charge is -2.44. The third kappa shape index (κ3) is 2.89. The fourth-order valence-electron chi connectivity index (χ4n) is 6.19. The van der Waals surface area contributed by atoms with Gasteiger partial charge in [0.15, 0.2) is 0 Å². The molecule has 1 aliphatic carbocycles. The highest BCUT2D eigenvalue weighted by Crippen LogP contribution is 2.61. The van der Waals surface area contributed by atoms with E-state index >= 15 is 0 Å². The Morgan fingerprint density at radius 1 is 1.23 bits per heavy atom. The minimum absolute atomic E-state index is 0.00572. The molecule has 2 fully saturated rings. The predicted octanol–water partition coefficient (Wildman–Crippen LogP) is 3.80. The van der Waals surface area contributed by atoms with Gasteiger partial charge in [0.25, 0.3) is 0 Å². The van der Waals surface area contributed by atoms with Crippen molar-refractivity contribution >= 4 is 5.91 Å². The average molecular weight is 406 g/mol. The van der Waals surface area contributed by atoms with Gasteiger partial charge in [-0.1, -0.05) is 43.3 Å². The number of benzene rings is 2. The van der Waals surface area contributed by atoms with Gasteiger partial charge in [0, 0.05) is 29.7 Å². The molecule has 1 amide bonds. The van der Waals surface area contributed by atoms with Crippen molar-refractivity contribution in [2.24, 2.45) is 17.8 Å². The molecule has 4 atom stereocenters. The van der Waals surface area contributed by atoms with E-state index < -0.39 is 5.54 Å². The number of rotatable bonds is 5. The van der Waals surface area contributed by atoms with Gasteiger partial charge < -0.3 is 9.64 Å². The molecule has 2 heterocycles. The number of amides is 1. The van der Waals surface area contributed by atoms with E-state index in [-0.39, 0.29) is 35.1 Å². The lowest BCUT2D eigenvalue weighted by Crippen LogP contribution is -2.49. The van der Waals surface area contributed by atoms with Gasteiger partial charge in [-0.15, -0.1) is 0 Å². The molecule has 0 bridgehead atoms. The molecular formula is C24H26N2O4. The SMILES string of the molecule is C[C@H]1CC23c4cc(OCc5ccccc5)ccc4CCN2C(=O)CC3[C@@H]1C[N+](=O)[O-]. The molecule has 2 unspecified atom stereocenters. The summed E-state index contributed by atoms with van der Waals surface area (Å²) < 4.78 is 6.09. The number of fused-ring (bicyclic) bond motifs is 1. The van der Waals surface area contributed by atoms with Gasteiger partial charge in [0.2, 0.25) is 12.5 Å². The van der Waals surface area contributed by atoms with E-state index in [2.05, 4.69) is 19.1 Å². The normalized spacial score (nSPS) is 29.3. The van der Waals surface area contributed by atoms with Gasteiger partial charge in [-0.2, -0.15) is 0 Å². The third-order valence-electron chi connectivity index (χ3n) is 7.43. The summed E-state index contributed by atoms with van der Waals surface area (Å²) in [5, 5.41) is 11.3. The Balaban J connectivity index is 1.51. The molecule has 0 aromatic heterocycles. The summed E-state index contributed by atoms with van der Waals surface area (Å²) >= 11 is 0. The zero-order chi connectivity index (χ0) is 20.9. The van der Waals surface area contributed by atoms with E-state index in [1.165, 1.54) is 5.56 Å². The van der Waals surface area contributed by atoms with Gasteiger partial charge in [0.05, 0.1) is 5.54 Å². The first kappa shape index (κ1) is 19.1. The number of nitro groups is 1. The first-order valence-corrected chi connectivity index (χ1v) is 10.7. The van der Waals surface area contributed by atoms with E-state index in [9.17, 15) is 14.9 Å². The number of carbonyl (C=O) groups excluding carboxylic acids is 1. The van der Waals surface area contributed by atoms with Crippen LogP contribution >= 0.6 is 0 Å². The Bertz CT molecular complexity index is 992. The highest BCUT2D eigenvalue weighted by Gasteiger charge is 2.64. The Labute approximate surface area is 176 Å². The molecule has 0 radical (unpaired) electrons. The van der Waals surface area contributed by atoms with Crippen LogP contribution in [0.15, 0.2) is 48.5 Å². The van der Waals surface area contributed by atoms with Crippen molar-refractivity contribution in [1.29, 1.82) is 0 Å². The summed E-state index contributed by atoms with van der Waals surface area (Å²) in [6.07, 6.45) is 2.03. The van der Waals surface area contributed by atoms with E-state index in [0.717, 1.165) is 29.7 Å². The molecule has 2 aliphatic heterocycles. The Morgan fingerprint density at radius 3 is 2.80 bits per heavy atom. The van der Waals surface area contributed by atoms with Crippen LogP contribution in [0.2, 0.25) is 0 Å². The monoisotopic (exact) mass is 406 g/mol. The van der Waals surface area contributed by atoms with Gasteiger partial charge in [0.1, 0.15) is 12.4 Å². The standard InChI is InChI=1S/C24H26N2O4/c1-16-13-24-21-11-19(30-15-17-5-3-2-4-6-17)8-7-18(21)9-10-25(24)23(27)12-22(24)20(16)14-26(28)29/h2-8,11,16,20,22H,9-10,12-15H2,1H3/t16-,20+,22?,24?/m0/s1. The summed E-state index contributed by atoms with van der Waals surface area (Å²) in [4.78, 5) is 26.0. The Morgan fingerprint density at radius 2 is 2.03 bits per heavy atom. The molecule has 6 heteroatoms. The van der Waals surface area contributed by atoms with Crippen molar-refractivity contribution in [1.82, 2.24) is 4.90 Å². The van der Waals surface area contributed by atoms with Crippen LogP contribution in [0.25, 0.3) is 0 Å². The van der Waals surface area contributed by atoms with Crippen LogP contribution in [0.4, 0.5) is 0 Å². The lowest BCUT2D eigenvalue weighted by molar-refractivity contribution is -0.491.